The van der Waals surface area contributed by atoms with Gasteiger partial charge in [0.15, 0.2) is 5.78 Å². The Morgan fingerprint density at radius 1 is 1.08 bits per heavy atom. The van der Waals surface area contributed by atoms with E-state index in [1.807, 2.05) is 13.8 Å². The number of carbonyl (C=O) groups excluding carboxylic acids is 1. The molecular formula is C27H26F3N3O3. The molecule has 0 bridgehead atoms. The summed E-state index contributed by atoms with van der Waals surface area (Å²) in [4.78, 5) is 14.9. The molecule has 0 amide bonds. The van der Waals surface area contributed by atoms with E-state index in [0.29, 0.717) is 66.5 Å². The first-order valence-electron chi connectivity index (χ1n) is 11.7. The monoisotopic (exact) mass is 497 g/mol. The second kappa shape index (κ2) is 9.97. The molecule has 4 rings (SSSR count). The lowest BCUT2D eigenvalue weighted by Gasteiger charge is -2.40. The molecule has 0 saturated carbocycles. The van der Waals surface area contributed by atoms with Gasteiger partial charge in [0.05, 0.1) is 36.3 Å². The van der Waals surface area contributed by atoms with Crippen molar-refractivity contribution in [3.8, 4) is 17.6 Å². The lowest BCUT2D eigenvalue weighted by atomic mass is 9.75. The van der Waals surface area contributed by atoms with Crippen LogP contribution < -0.4 is 20.1 Å². The predicted molar refractivity (Wildman–Crippen MR) is 128 cm³/mol. The van der Waals surface area contributed by atoms with Gasteiger partial charge in [0.2, 0.25) is 0 Å². The first kappa shape index (κ1) is 25.2. The zero-order valence-corrected chi connectivity index (χ0v) is 20.0. The van der Waals surface area contributed by atoms with Crippen molar-refractivity contribution in [2.45, 2.75) is 45.2 Å². The number of nitrogens with two attached hydrogens (primary N) is 1. The van der Waals surface area contributed by atoms with E-state index in [2.05, 4.69) is 6.07 Å². The number of hydrogen-bond acceptors (Lipinski definition) is 6. The van der Waals surface area contributed by atoms with E-state index in [0.717, 1.165) is 12.1 Å². The zero-order valence-electron chi connectivity index (χ0n) is 20.0. The lowest BCUT2D eigenvalue weighted by Crippen LogP contribution is -2.38. The maximum Gasteiger partial charge on any atom is 0.416 e. The van der Waals surface area contributed by atoms with Crippen molar-refractivity contribution in [3.05, 3.63) is 76.3 Å². The van der Waals surface area contributed by atoms with E-state index in [-0.39, 0.29) is 17.2 Å². The van der Waals surface area contributed by atoms with Crippen LogP contribution >= 0.6 is 0 Å². The smallest absolute Gasteiger partial charge is 0.416 e. The summed E-state index contributed by atoms with van der Waals surface area (Å²) in [7, 11) is 0. The molecule has 1 unspecified atom stereocenters. The molecule has 0 radical (unpaired) electrons. The summed E-state index contributed by atoms with van der Waals surface area (Å²) >= 11 is 0. The second-order valence-corrected chi connectivity index (χ2v) is 8.43. The summed E-state index contributed by atoms with van der Waals surface area (Å²) < 4.78 is 50.9. The molecule has 2 N–H and O–H groups in total. The van der Waals surface area contributed by atoms with Crippen LogP contribution in [0.4, 0.5) is 18.9 Å². The van der Waals surface area contributed by atoms with Crippen LogP contribution in [0.15, 0.2) is 65.1 Å². The van der Waals surface area contributed by atoms with Gasteiger partial charge in [-0.1, -0.05) is 0 Å². The number of benzene rings is 2. The Morgan fingerprint density at radius 3 is 2.39 bits per heavy atom. The van der Waals surface area contributed by atoms with Gasteiger partial charge < -0.3 is 15.2 Å². The minimum absolute atomic E-state index is 0.0694. The number of Topliss-reactive ketones (excluding diaryl/α,β-unsaturated/α-hetero) is 1. The molecule has 9 heteroatoms. The largest absolute Gasteiger partial charge is 0.494 e. The average Bonchev–Trinajstić information content (AvgIpc) is 2.84. The molecule has 0 saturated heterocycles. The average molecular weight is 498 g/mol. The molecule has 1 heterocycles. The molecule has 2 aliphatic rings. The van der Waals surface area contributed by atoms with Crippen LogP contribution in [-0.4, -0.2) is 19.0 Å². The van der Waals surface area contributed by atoms with Crippen molar-refractivity contribution in [1.82, 2.24) is 0 Å². The van der Waals surface area contributed by atoms with Crippen LogP contribution in [0.1, 0.15) is 50.2 Å². The highest BCUT2D eigenvalue weighted by Crippen LogP contribution is 2.49. The summed E-state index contributed by atoms with van der Waals surface area (Å²) in [6.45, 7) is 4.48. The van der Waals surface area contributed by atoms with Gasteiger partial charge in [-0.15, -0.1) is 0 Å². The fourth-order valence-corrected chi connectivity index (χ4v) is 4.79. The van der Waals surface area contributed by atoms with Gasteiger partial charge in [-0.3, -0.25) is 9.69 Å². The molecule has 36 heavy (non-hydrogen) atoms. The number of alkyl halides is 3. The van der Waals surface area contributed by atoms with Crippen molar-refractivity contribution >= 4 is 11.5 Å². The Hall–Kier alpha value is -3.93. The fraction of sp³-hybridized carbons (Fsp3) is 0.333. The van der Waals surface area contributed by atoms with Crippen LogP contribution in [0, 0.1) is 11.3 Å². The molecular weight excluding hydrogens is 471 g/mol. The predicted octanol–water partition coefficient (Wildman–Crippen LogP) is 5.81. The van der Waals surface area contributed by atoms with Crippen molar-refractivity contribution in [2.75, 3.05) is 18.1 Å². The zero-order chi connectivity index (χ0) is 26.0. The Bertz CT molecular complexity index is 1270. The third kappa shape index (κ3) is 4.51. The number of ketones is 1. The van der Waals surface area contributed by atoms with Gasteiger partial charge in [0.25, 0.3) is 0 Å². The summed E-state index contributed by atoms with van der Waals surface area (Å²) in [5.41, 5.74) is 7.77. The van der Waals surface area contributed by atoms with Crippen LogP contribution in [0.3, 0.4) is 0 Å². The number of rotatable bonds is 6. The van der Waals surface area contributed by atoms with Gasteiger partial charge in [-0.05, 0) is 69.2 Å². The molecule has 1 aliphatic carbocycles. The van der Waals surface area contributed by atoms with E-state index in [9.17, 15) is 23.2 Å². The normalized spacial score (nSPS) is 18.2. The quantitative estimate of drug-likeness (QED) is 0.542. The SMILES string of the molecule is CCOc1ccc(OCC)c(C2C(C#N)=C(N)N(c3ccc(C(F)(F)F)cc3)C3=C2C(=O)CCC3)c1. The van der Waals surface area contributed by atoms with Crippen molar-refractivity contribution in [2.24, 2.45) is 5.73 Å². The Kier molecular flexibility index (Phi) is 6.97. The third-order valence-corrected chi connectivity index (χ3v) is 6.27. The Labute approximate surface area is 207 Å². The van der Waals surface area contributed by atoms with Gasteiger partial charge in [-0.2, -0.15) is 18.4 Å². The standard InChI is InChI=1S/C27H26F3N3O3/c1-3-35-18-12-13-23(36-4-2)19(14-18)24-20(15-31)26(32)33(21-6-5-7-22(34)25(21)24)17-10-8-16(9-11-17)27(28,29)30/h8-14,24H,3-7,32H2,1-2H3. The van der Waals surface area contributed by atoms with Crippen molar-refractivity contribution in [1.29, 1.82) is 5.26 Å². The van der Waals surface area contributed by atoms with Crippen molar-refractivity contribution in [3.63, 3.8) is 0 Å². The van der Waals surface area contributed by atoms with E-state index in [1.165, 1.54) is 17.0 Å². The second-order valence-electron chi connectivity index (χ2n) is 8.43. The van der Waals surface area contributed by atoms with E-state index < -0.39 is 17.7 Å². The first-order valence-corrected chi connectivity index (χ1v) is 11.7. The molecule has 2 aromatic carbocycles. The number of nitrogens with zero attached hydrogens (tertiary/aromatic N) is 2. The molecule has 6 nitrogen and oxygen atoms in total. The summed E-state index contributed by atoms with van der Waals surface area (Å²) in [6, 6.07) is 11.9. The number of ether oxygens (including phenoxy) is 2. The van der Waals surface area contributed by atoms with Gasteiger partial charge in [0.1, 0.15) is 17.3 Å². The molecule has 0 aromatic heterocycles. The summed E-state index contributed by atoms with van der Waals surface area (Å²) in [6.07, 6.45) is -3.15. The topological polar surface area (TPSA) is 88.6 Å². The van der Waals surface area contributed by atoms with E-state index in [4.69, 9.17) is 15.2 Å². The number of nitriles is 1. The van der Waals surface area contributed by atoms with Crippen LogP contribution in [0.2, 0.25) is 0 Å². The van der Waals surface area contributed by atoms with E-state index in [1.54, 1.807) is 18.2 Å². The minimum atomic E-state index is -4.49. The number of halogens is 3. The van der Waals surface area contributed by atoms with Crippen molar-refractivity contribution < 1.29 is 27.4 Å². The third-order valence-electron chi connectivity index (χ3n) is 6.27. The minimum Gasteiger partial charge on any atom is -0.494 e. The number of allylic oxidation sites excluding steroid dienone is 3. The van der Waals surface area contributed by atoms with Gasteiger partial charge >= 0.3 is 6.18 Å². The first-order chi connectivity index (χ1) is 17.2. The molecule has 0 fully saturated rings. The highest BCUT2D eigenvalue weighted by atomic mass is 19.4. The molecule has 1 atom stereocenters. The maximum absolute atomic E-state index is 13.3. The number of hydrogen-bond donors (Lipinski definition) is 1. The number of anilines is 1. The van der Waals surface area contributed by atoms with Crippen LogP contribution in [-0.2, 0) is 11.0 Å². The highest BCUT2D eigenvalue weighted by Gasteiger charge is 2.42. The van der Waals surface area contributed by atoms with Gasteiger partial charge in [-0.25, -0.2) is 0 Å². The van der Waals surface area contributed by atoms with E-state index >= 15 is 0 Å². The molecule has 188 valence electrons. The number of carbonyl (C=O) groups is 1. The van der Waals surface area contributed by atoms with Gasteiger partial charge in [0, 0.05) is 28.9 Å². The maximum atomic E-state index is 13.3. The highest BCUT2D eigenvalue weighted by molar-refractivity contribution is 6.01. The summed E-state index contributed by atoms with van der Waals surface area (Å²) in [5.74, 6) is 0.204. The van der Waals surface area contributed by atoms with Crippen LogP contribution in [0.25, 0.3) is 0 Å². The van der Waals surface area contributed by atoms with Crippen LogP contribution in [0.5, 0.6) is 11.5 Å². The molecule has 1 aliphatic heterocycles. The Morgan fingerprint density at radius 2 is 1.78 bits per heavy atom. The fourth-order valence-electron chi connectivity index (χ4n) is 4.79. The molecule has 2 aromatic rings. The molecule has 0 spiro atoms. The Balaban J connectivity index is 1.93. The lowest BCUT2D eigenvalue weighted by molar-refractivity contribution is -0.137. The summed E-state index contributed by atoms with van der Waals surface area (Å²) in [5, 5.41) is 10.2.